The highest BCUT2D eigenvalue weighted by molar-refractivity contribution is 9.10. The quantitative estimate of drug-likeness (QED) is 0.857. The maximum absolute atomic E-state index is 13.0. The van der Waals surface area contributed by atoms with E-state index in [2.05, 4.69) is 21.2 Å². The van der Waals surface area contributed by atoms with Gasteiger partial charge in [-0.2, -0.15) is 0 Å². The van der Waals surface area contributed by atoms with Crippen molar-refractivity contribution in [2.45, 2.75) is 6.54 Å². The number of methoxy groups -OCH3 is 1. The zero-order valence-corrected chi connectivity index (χ0v) is 12.4. The van der Waals surface area contributed by atoms with Gasteiger partial charge in [0.2, 0.25) is 0 Å². The van der Waals surface area contributed by atoms with Crippen LogP contribution in [0.25, 0.3) is 0 Å². The molecule has 0 saturated carbocycles. The van der Waals surface area contributed by atoms with E-state index in [1.807, 2.05) is 12.1 Å². The fraction of sp³-hybridized carbons (Fsp3) is 0.133. The van der Waals surface area contributed by atoms with E-state index in [0.717, 1.165) is 11.3 Å². The summed E-state index contributed by atoms with van der Waals surface area (Å²) in [6.45, 7) is 0.440. The van der Waals surface area contributed by atoms with E-state index in [1.165, 1.54) is 19.2 Å². The Morgan fingerprint density at radius 1 is 1.30 bits per heavy atom. The fourth-order valence-corrected chi connectivity index (χ4v) is 2.30. The van der Waals surface area contributed by atoms with Crippen molar-refractivity contribution in [3.05, 3.63) is 63.9 Å². The van der Waals surface area contributed by atoms with Gasteiger partial charge in [0.1, 0.15) is 5.82 Å². The number of carbonyl (C=O) groups excluding carboxylic acids is 1. The number of anilines is 1. The van der Waals surface area contributed by atoms with Gasteiger partial charge in [-0.3, -0.25) is 0 Å². The normalized spacial score (nSPS) is 10.2. The number of esters is 1. The van der Waals surface area contributed by atoms with Crippen LogP contribution >= 0.6 is 15.9 Å². The fourth-order valence-electron chi connectivity index (χ4n) is 1.81. The summed E-state index contributed by atoms with van der Waals surface area (Å²) >= 11 is 3.29. The highest BCUT2D eigenvalue weighted by Gasteiger charge is 2.11. The predicted octanol–water partition coefficient (Wildman–Crippen LogP) is 3.99. The summed E-state index contributed by atoms with van der Waals surface area (Å²) in [5.74, 6) is -0.682. The second kappa shape index (κ2) is 6.52. The van der Waals surface area contributed by atoms with E-state index < -0.39 is 0 Å². The highest BCUT2D eigenvalue weighted by atomic mass is 79.9. The molecule has 0 heterocycles. The second-order valence-corrected chi connectivity index (χ2v) is 4.98. The molecule has 3 nitrogen and oxygen atoms in total. The van der Waals surface area contributed by atoms with Gasteiger partial charge in [0.25, 0.3) is 0 Å². The van der Waals surface area contributed by atoms with Crippen LogP contribution in [-0.4, -0.2) is 13.1 Å². The van der Waals surface area contributed by atoms with Crippen molar-refractivity contribution >= 4 is 27.6 Å². The Bertz CT molecular complexity index is 631. The monoisotopic (exact) mass is 337 g/mol. The molecular formula is C15H13BrFNO2. The van der Waals surface area contributed by atoms with Crippen LogP contribution in [0, 0.1) is 5.82 Å². The summed E-state index contributed by atoms with van der Waals surface area (Å²) in [7, 11) is 1.35. The maximum Gasteiger partial charge on any atom is 0.338 e. The lowest BCUT2D eigenvalue weighted by atomic mass is 10.1. The number of carbonyl (C=O) groups is 1. The van der Waals surface area contributed by atoms with Crippen LogP contribution in [0.3, 0.4) is 0 Å². The van der Waals surface area contributed by atoms with Gasteiger partial charge in [-0.25, -0.2) is 9.18 Å². The second-order valence-electron chi connectivity index (χ2n) is 4.13. The van der Waals surface area contributed by atoms with Gasteiger partial charge in [-0.15, -0.1) is 0 Å². The minimum atomic E-state index is -0.374. The van der Waals surface area contributed by atoms with Gasteiger partial charge in [-0.05, 0) is 45.8 Å². The lowest BCUT2D eigenvalue weighted by Gasteiger charge is -2.11. The van der Waals surface area contributed by atoms with Crippen LogP contribution in [0.5, 0.6) is 0 Å². The van der Waals surface area contributed by atoms with E-state index in [4.69, 9.17) is 4.74 Å². The summed E-state index contributed by atoms with van der Waals surface area (Å²) in [5.41, 5.74) is 2.09. The van der Waals surface area contributed by atoms with E-state index >= 15 is 0 Å². The topological polar surface area (TPSA) is 38.3 Å². The lowest BCUT2D eigenvalue weighted by molar-refractivity contribution is 0.0599. The molecule has 0 aromatic heterocycles. The molecule has 0 aliphatic heterocycles. The van der Waals surface area contributed by atoms with Gasteiger partial charge in [-0.1, -0.05) is 18.2 Å². The molecule has 0 fully saturated rings. The number of halogens is 2. The summed E-state index contributed by atoms with van der Waals surface area (Å²) in [5, 5.41) is 3.15. The van der Waals surface area contributed by atoms with Gasteiger partial charge in [0.15, 0.2) is 0 Å². The summed E-state index contributed by atoms with van der Waals surface area (Å²) in [6, 6.07) is 11.6. The van der Waals surface area contributed by atoms with Crippen LogP contribution in [0.4, 0.5) is 10.1 Å². The molecule has 0 aliphatic rings. The number of hydrogen-bond donors (Lipinski definition) is 1. The van der Waals surface area contributed by atoms with Crippen LogP contribution in [0.15, 0.2) is 46.9 Å². The molecule has 1 N–H and O–H groups in total. The smallest absolute Gasteiger partial charge is 0.338 e. The third-order valence-electron chi connectivity index (χ3n) is 2.82. The van der Waals surface area contributed by atoms with Crippen molar-refractivity contribution in [1.29, 1.82) is 0 Å². The number of nitrogens with one attached hydrogen (secondary N) is 1. The molecule has 0 bridgehead atoms. The first kappa shape index (κ1) is 14.5. The molecule has 0 radical (unpaired) electrons. The molecule has 0 amide bonds. The first-order valence-corrected chi connectivity index (χ1v) is 6.76. The van der Waals surface area contributed by atoms with E-state index in [1.54, 1.807) is 18.2 Å². The molecule has 2 aromatic rings. The summed E-state index contributed by atoms with van der Waals surface area (Å²) in [4.78, 5) is 11.6. The molecular weight excluding hydrogens is 325 g/mol. The molecule has 0 atom stereocenters. The molecule has 104 valence electrons. The van der Waals surface area contributed by atoms with Crippen LogP contribution < -0.4 is 5.32 Å². The zero-order chi connectivity index (χ0) is 14.5. The van der Waals surface area contributed by atoms with Crippen molar-refractivity contribution in [2.75, 3.05) is 12.4 Å². The van der Waals surface area contributed by atoms with Crippen LogP contribution in [-0.2, 0) is 11.3 Å². The number of hydrogen-bond acceptors (Lipinski definition) is 3. The Morgan fingerprint density at radius 3 is 2.75 bits per heavy atom. The Labute approximate surface area is 124 Å². The Morgan fingerprint density at radius 2 is 2.05 bits per heavy atom. The Kier molecular flexibility index (Phi) is 4.74. The van der Waals surface area contributed by atoms with Gasteiger partial charge < -0.3 is 10.1 Å². The zero-order valence-electron chi connectivity index (χ0n) is 10.8. The van der Waals surface area contributed by atoms with Crippen molar-refractivity contribution in [2.24, 2.45) is 0 Å². The van der Waals surface area contributed by atoms with Crippen molar-refractivity contribution in [1.82, 2.24) is 0 Å². The number of ether oxygens (including phenoxy) is 1. The van der Waals surface area contributed by atoms with Gasteiger partial charge in [0, 0.05) is 16.7 Å². The summed E-state index contributed by atoms with van der Waals surface area (Å²) < 4.78 is 18.4. The SMILES string of the molecule is COC(=O)c1ccccc1CNc1ccc(F)cc1Br. The Hall–Kier alpha value is -1.88. The third kappa shape index (κ3) is 3.36. The molecule has 2 aromatic carbocycles. The van der Waals surface area contributed by atoms with Crippen molar-refractivity contribution in [3.63, 3.8) is 0 Å². The van der Waals surface area contributed by atoms with E-state index in [0.29, 0.717) is 16.6 Å². The average Bonchev–Trinajstić information content (AvgIpc) is 2.46. The largest absolute Gasteiger partial charge is 0.465 e. The molecule has 5 heteroatoms. The third-order valence-corrected chi connectivity index (χ3v) is 3.48. The standard InChI is InChI=1S/C15H13BrFNO2/c1-20-15(19)12-5-3-2-4-10(12)9-18-14-7-6-11(17)8-13(14)16/h2-8,18H,9H2,1H3. The maximum atomic E-state index is 13.0. The average molecular weight is 338 g/mol. The van der Waals surface area contributed by atoms with E-state index in [9.17, 15) is 9.18 Å². The van der Waals surface area contributed by atoms with Crippen molar-refractivity contribution in [3.8, 4) is 0 Å². The lowest BCUT2D eigenvalue weighted by Crippen LogP contribution is -2.09. The van der Waals surface area contributed by atoms with Gasteiger partial charge in [0.05, 0.1) is 12.7 Å². The summed E-state index contributed by atoms with van der Waals surface area (Å²) in [6.07, 6.45) is 0. The number of rotatable bonds is 4. The first-order chi connectivity index (χ1) is 9.61. The minimum absolute atomic E-state index is 0.308. The van der Waals surface area contributed by atoms with Crippen LogP contribution in [0.1, 0.15) is 15.9 Å². The number of benzene rings is 2. The Balaban J connectivity index is 2.17. The highest BCUT2D eigenvalue weighted by Crippen LogP contribution is 2.24. The molecule has 0 spiro atoms. The molecule has 0 unspecified atom stereocenters. The van der Waals surface area contributed by atoms with Crippen LogP contribution in [0.2, 0.25) is 0 Å². The molecule has 0 aliphatic carbocycles. The predicted molar refractivity (Wildman–Crippen MR) is 79.2 cm³/mol. The first-order valence-electron chi connectivity index (χ1n) is 5.97. The molecule has 0 saturated heterocycles. The van der Waals surface area contributed by atoms with E-state index in [-0.39, 0.29) is 11.8 Å². The minimum Gasteiger partial charge on any atom is -0.465 e. The van der Waals surface area contributed by atoms with Crippen molar-refractivity contribution < 1.29 is 13.9 Å². The molecule has 2 rings (SSSR count). The molecule has 20 heavy (non-hydrogen) atoms. The van der Waals surface area contributed by atoms with Gasteiger partial charge >= 0.3 is 5.97 Å².